The number of hydrogen-bond acceptors (Lipinski definition) is 4. The Bertz CT molecular complexity index is 437. The Hall–Kier alpha value is -0.910. The van der Waals surface area contributed by atoms with Crippen molar-refractivity contribution in [3.8, 4) is 0 Å². The highest BCUT2D eigenvalue weighted by Gasteiger charge is 2.11. The van der Waals surface area contributed by atoms with E-state index in [0.717, 1.165) is 43.3 Å². The second-order valence-corrected chi connectivity index (χ2v) is 5.14. The van der Waals surface area contributed by atoms with E-state index in [2.05, 4.69) is 39.4 Å². The lowest BCUT2D eigenvalue weighted by molar-refractivity contribution is 0.136. The van der Waals surface area contributed by atoms with Crippen LogP contribution in [-0.2, 0) is 11.2 Å². The Kier molecular flexibility index (Phi) is 5.16. The lowest BCUT2D eigenvalue weighted by Gasteiger charge is -2.16. The summed E-state index contributed by atoms with van der Waals surface area (Å²) < 4.78 is 7.52. The van der Waals surface area contributed by atoms with E-state index < -0.39 is 0 Å². The Labute approximate surface area is 112 Å². The van der Waals surface area contributed by atoms with Gasteiger partial charge in [-0.05, 0) is 19.9 Å². The minimum Gasteiger partial charge on any atom is -0.382 e. The van der Waals surface area contributed by atoms with E-state index in [1.54, 1.807) is 11.3 Å². The van der Waals surface area contributed by atoms with Crippen molar-refractivity contribution in [3.63, 3.8) is 0 Å². The van der Waals surface area contributed by atoms with Crippen LogP contribution in [-0.4, -0.2) is 35.2 Å². The topological polar surface area (TPSA) is 38.6 Å². The average Bonchev–Trinajstić information content (AvgIpc) is 2.90. The van der Waals surface area contributed by atoms with Gasteiger partial charge in [0.2, 0.25) is 0 Å². The van der Waals surface area contributed by atoms with Gasteiger partial charge < -0.3 is 10.1 Å². The first-order chi connectivity index (χ1) is 8.83. The van der Waals surface area contributed by atoms with Crippen LogP contribution in [0.25, 0.3) is 4.96 Å². The molecule has 0 aliphatic carbocycles. The summed E-state index contributed by atoms with van der Waals surface area (Å²) >= 11 is 1.68. The number of likely N-dealkylation sites (N-methyl/N-ethyl adjacent to an activating group) is 1. The van der Waals surface area contributed by atoms with Gasteiger partial charge in [-0.25, -0.2) is 4.98 Å². The third-order valence-corrected chi connectivity index (χ3v) is 3.68. The minimum atomic E-state index is 0.450. The summed E-state index contributed by atoms with van der Waals surface area (Å²) in [7, 11) is 0. The maximum Gasteiger partial charge on any atom is 0.193 e. The van der Waals surface area contributed by atoms with Crippen molar-refractivity contribution in [2.24, 2.45) is 0 Å². The predicted octanol–water partition coefficient (Wildman–Crippen LogP) is 2.34. The van der Waals surface area contributed by atoms with Crippen LogP contribution in [0.4, 0.5) is 0 Å². The molecule has 0 amide bonds. The zero-order valence-electron chi connectivity index (χ0n) is 11.1. The lowest BCUT2D eigenvalue weighted by atomic mass is 10.1. The van der Waals surface area contributed by atoms with Gasteiger partial charge >= 0.3 is 0 Å². The number of imidazole rings is 1. The number of thiazole rings is 1. The molecule has 2 rings (SSSR count). The summed E-state index contributed by atoms with van der Waals surface area (Å²) in [6.07, 6.45) is 6.18. The highest BCUT2D eigenvalue weighted by molar-refractivity contribution is 7.15. The molecule has 2 heterocycles. The van der Waals surface area contributed by atoms with Crippen LogP contribution in [0.3, 0.4) is 0 Å². The summed E-state index contributed by atoms with van der Waals surface area (Å²) in [6, 6.07) is 0.450. The number of rotatable bonds is 8. The molecule has 100 valence electrons. The molecule has 0 saturated heterocycles. The summed E-state index contributed by atoms with van der Waals surface area (Å²) in [5.74, 6) is 0. The lowest BCUT2D eigenvalue weighted by Crippen LogP contribution is -2.32. The van der Waals surface area contributed by atoms with Crippen LogP contribution < -0.4 is 5.32 Å². The summed E-state index contributed by atoms with van der Waals surface area (Å²) in [5, 5.41) is 5.56. The molecule has 0 aromatic carbocycles. The largest absolute Gasteiger partial charge is 0.382 e. The van der Waals surface area contributed by atoms with Gasteiger partial charge in [-0.1, -0.05) is 6.92 Å². The predicted molar refractivity (Wildman–Crippen MR) is 75.3 cm³/mol. The quantitative estimate of drug-likeness (QED) is 0.746. The van der Waals surface area contributed by atoms with Gasteiger partial charge in [-0.15, -0.1) is 11.3 Å². The summed E-state index contributed by atoms with van der Waals surface area (Å²) in [4.78, 5) is 5.70. The molecule has 0 aliphatic rings. The fraction of sp³-hybridized carbons (Fsp3) is 0.615. The number of hydrogen-bond donors (Lipinski definition) is 1. The van der Waals surface area contributed by atoms with Crippen LogP contribution in [0, 0.1) is 0 Å². The Morgan fingerprint density at radius 2 is 2.39 bits per heavy atom. The van der Waals surface area contributed by atoms with Crippen molar-refractivity contribution in [2.75, 3.05) is 19.8 Å². The van der Waals surface area contributed by atoms with Gasteiger partial charge in [0.15, 0.2) is 4.96 Å². The van der Waals surface area contributed by atoms with Crippen LogP contribution >= 0.6 is 11.3 Å². The van der Waals surface area contributed by atoms with Crippen LogP contribution in [0.2, 0.25) is 0 Å². The Balaban J connectivity index is 1.92. The minimum absolute atomic E-state index is 0.450. The number of nitrogens with zero attached hydrogens (tertiary/aromatic N) is 2. The smallest absolute Gasteiger partial charge is 0.193 e. The SMILES string of the molecule is CCNC(CCOCC)Cc1cn2ccsc2n1. The van der Waals surface area contributed by atoms with Crippen molar-refractivity contribution in [1.29, 1.82) is 0 Å². The molecular weight excluding hydrogens is 246 g/mol. The van der Waals surface area contributed by atoms with Crippen molar-refractivity contribution in [2.45, 2.75) is 32.7 Å². The third-order valence-electron chi connectivity index (χ3n) is 2.91. The van der Waals surface area contributed by atoms with E-state index in [-0.39, 0.29) is 0 Å². The van der Waals surface area contributed by atoms with Crippen LogP contribution in [0.5, 0.6) is 0 Å². The first kappa shape index (κ1) is 13.5. The van der Waals surface area contributed by atoms with Crippen LogP contribution in [0.15, 0.2) is 17.8 Å². The number of fused-ring (bicyclic) bond motifs is 1. The zero-order chi connectivity index (χ0) is 12.8. The second kappa shape index (κ2) is 6.87. The second-order valence-electron chi connectivity index (χ2n) is 4.27. The third kappa shape index (κ3) is 3.54. The maximum absolute atomic E-state index is 5.43. The Morgan fingerprint density at radius 1 is 1.50 bits per heavy atom. The standard InChI is InChI=1S/C13H21N3OS/c1-3-14-11(5-7-17-4-2)9-12-10-16-6-8-18-13(16)15-12/h6,8,10-11,14H,3-5,7,9H2,1-2H3. The zero-order valence-corrected chi connectivity index (χ0v) is 11.9. The number of ether oxygens (including phenoxy) is 1. The van der Waals surface area contributed by atoms with E-state index in [0.29, 0.717) is 6.04 Å². The van der Waals surface area contributed by atoms with Crippen molar-refractivity contribution >= 4 is 16.3 Å². The van der Waals surface area contributed by atoms with Gasteiger partial charge in [-0.3, -0.25) is 4.40 Å². The summed E-state index contributed by atoms with van der Waals surface area (Å²) in [6.45, 7) is 6.76. The van der Waals surface area contributed by atoms with Gasteiger partial charge in [0, 0.05) is 43.5 Å². The van der Waals surface area contributed by atoms with Gasteiger partial charge in [0.25, 0.3) is 0 Å². The molecule has 18 heavy (non-hydrogen) atoms. The fourth-order valence-corrected chi connectivity index (χ4v) is 2.78. The van der Waals surface area contributed by atoms with E-state index in [1.807, 2.05) is 6.92 Å². The maximum atomic E-state index is 5.43. The van der Waals surface area contributed by atoms with Gasteiger partial charge in [-0.2, -0.15) is 0 Å². The molecule has 1 atom stereocenters. The molecule has 1 N–H and O–H groups in total. The molecule has 1 unspecified atom stereocenters. The van der Waals surface area contributed by atoms with E-state index in [4.69, 9.17) is 4.74 Å². The summed E-state index contributed by atoms with van der Waals surface area (Å²) in [5.41, 5.74) is 1.16. The average molecular weight is 267 g/mol. The van der Waals surface area contributed by atoms with E-state index in [9.17, 15) is 0 Å². The molecule has 0 radical (unpaired) electrons. The van der Waals surface area contributed by atoms with E-state index >= 15 is 0 Å². The highest BCUT2D eigenvalue weighted by atomic mass is 32.1. The molecule has 2 aromatic rings. The molecule has 4 nitrogen and oxygen atoms in total. The van der Waals surface area contributed by atoms with Crippen LogP contribution in [0.1, 0.15) is 26.0 Å². The molecule has 0 saturated carbocycles. The molecule has 0 bridgehead atoms. The van der Waals surface area contributed by atoms with Crippen molar-refractivity contribution in [3.05, 3.63) is 23.5 Å². The monoisotopic (exact) mass is 267 g/mol. The Morgan fingerprint density at radius 3 is 3.11 bits per heavy atom. The number of nitrogens with one attached hydrogen (secondary N) is 1. The first-order valence-corrected chi connectivity index (χ1v) is 7.43. The molecule has 0 fully saturated rings. The van der Waals surface area contributed by atoms with Crippen molar-refractivity contribution in [1.82, 2.24) is 14.7 Å². The van der Waals surface area contributed by atoms with Gasteiger partial charge in [0.05, 0.1) is 5.69 Å². The van der Waals surface area contributed by atoms with E-state index in [1.165, 1.54) is 0 Å². The van der Waals surface area contributed by atoms with Crippen molar-refractivity contribution < 1.29 is 4.74 Å². The molecular formula is C13H21N3OS. The highest BCUT2D eigenvalue weighted by Crippen LogP contribution is 2.13. The molecule has 0 aliphatic heterocycles. The molecule has 0 spiro atoms. The fourth-order valence-electron chi connectivity index (χ4n) is 2.06. The first-order valence-electron chi connectivity index (χ1n) is 6.55. The normalized spacial score (nSPS) is 13.2. The van der Waals surface area contributed by atoms with Gasteiger partial charge in [0.1, 0.15) is 0 Å². The molecule has 5 heteroatoms. The molecule has 2 aromatic heterocycles. The number of aromatic nitrogens is 2.